The number of hydrogen-bond donors (Lipinski definition) is 1. The summed E-state index contributed by atoms with van der Waals surface area (Å²) < 4.78 is 11.3. The van der Waals surface area contributed by atoms with Gasteiger partial charge in [-0.3, -0.25) is 0 Å². The first-order valence-electron chi connectivity index (χ1n) is 7.25. The Morgan fingerprint density at radius 3 is 2.40 bits per heavy atom. The van der Waals surface area contributed by atoms with Crippen molar-refractivity contribution >= 4 is 11.6 Å². The van der Waals surface area contributed by atoms with Gasteiger partial charge in [0.05, 0.1) is 13.2 Å². The molecule has 0 unspecified atom stereocenters. The smallest absolute Gasteiger partial charge is 0.125 e. The molecule has 1 aromatic carbocycles. The fourth-order valence-corrected chi connectivity index (χ4v) is 2.28. The van der Waals surface area contributed by atoms with E-state index in [0.29, 0.717) is 25.9 Å². The van der Waals surface area contributed by atoms with Crippen molar-refractivity contribution in [2.45, 2.75) is 40.2 Å². The van der Waals surface area contributed by atoms with Gasteiger partial charge >= 0.3 is 0 Å². The number of aryl methyl sites for hydroxylation is 2. The molecule has 0 aliphatic heterocycles. The van der Waals surface area contributed by atoms with Crippen LogP contribution in [0.25, 0.3) is 0 Å². The van der Waals surface area contributed by atoms with Gasteiger partial charge in [0.15, 0.2) is 0 Å². The van der Waals surface area contributed by atoms with Crippen LogP contribution >= 0.6 is 11.6 Å². The molecule has 0 spiro atoms. The second kappa shape index (κ2) is 9.22. The minimum atomic E-state index is 0.550. The van der Waals surface area contributed by atoms with E-state index in [1.807, 2.05) is 26.0 Å². The predicted molar refractivity (Wildman–Crippen MR) is 85.0 cm³/mol. The van der Waals surface area contributed by atoms with Gasteiger partial charge in [-0.15, -0.1) is 0 Å². The van der Waals surface area contributed by atoms with Crippen molar-refractivity contribution in [1.82, 2.24) is 5.32 Å². The predicted octanol–water partition coefficient (Wildman–Crippen LogP) is 3.74. The van der Waals surface area contributed by atoms with E-state index in [4.69, 9.17) is 21.1 Å². The van der Waals surface area contributed by atoms with E-state index in [2.05, 4.69) is 19.2 Å². The third-order valence-corrected chi connectivity index (χ3v) is 3.47. The lowest BCUT2D eigenvalue weighted by Crippen LogP contribution is -2.29. The van der Waals surface area contributed by atoms with E-state index in [0.717, 1.165) is 34.9 Å². The Morgan fingerprint density at radius 1 is 1.15 bits per heavy atom. The standard InChI is InChI=1S/C16H26ClNO2/c1-5-14(4)18-6-7-19-8-9-20-16-12(2)10-15(17)11-13(16)3/h10-11,14,18H,5-9H2,1-4H3/t14-/m0/s1. The molecule has 0 radical (unpaired) electrons. The second-order valence-electron chi connectivity index (χ2n) is 5.09. The Bertz CT molecular complexity index is 386. The first-order valence-corrected chi connectivity index (χ1v) is 7.63. The van der Waals surface area contributed by atoms with Crippen LogP contribution in [0.3, 0.4) is 0 Å². The fraction of sp³-hybridized carbons (Fsp3) is 0.625. The summed E-state index contributed by atoms with van der Waals surface area (Å²) in [4.78, 5) is 0. The molecule has 0 saturated heterocycles. The average Bonchev–Trinajstić information content (AvgIpc) is 2.39. The molecule has 0 aliphatic rings. The van der Waals surface area contributed by atoms with Crippen molar-refractivity contribution in [3.63, 3.8) is 0 Å². The van der Waals surface area contributed by atoms with Crippen molar-refractivity contribution in [2.75, 3.05) is 26.4 Å². The maximum Gasteiger partial charge on any atom is 0.125 e. The van der Waals surface area contributed by atoms with Gasteiger partial charge in [-0.1, -0.05) is 18.5 Å². The number of nitrogens with one attached hydrogen (secondary N) is 1. The van der Waals surface area contributed by atoms with Crippen LogP contribution in [0.1, 0.15) is 31.4 Å². The Balaban J connectivity index is 2.19. The topological polar surface area (TPSA) is 30.5 Å². The summed E-state index contributed by atoms with van der Waals surface area (Å²) in [5.41, 5.74) is 2.13. The summed E-state index contributed by atoms with van der Waals surface area (Å²) in [6.07, 6.45) is 1.14. The minimum Gasteiger partial charge on any atom is -0.491 e. The highest BCUT2D eigenvalue weighted by Gasteiger charge is 2.05. The van der Waals surface area contributed by atoms with Gasteiger partial charge < -0.3 is 14.8 Å². The van der Waals surface area contributed by atoms with Crippen LogP contribution in [0.5, 0.6) is 5.75 Å². The van der Waals surface area contributed by atoms with Crippen molar-refractivity contribution in [3.8, 4) is 5.75 Å². The number of halogens is 1. The van der Waals surface area contributed by atoms with Gasteiger partial charge in [-0.05, 0) is 50.5 Å². The largest absolute Gasteiger partial charge is 0.491 e. The summed E-state index contributed by atoms with van der Waals surface area (Å²) >= 11 is 5.99. The zero-order chi connectivity index (χ0) is 15.0. The minimum absolute atomic E-state index is 0.550. The lowest BCUT2D eigenvalue weighted by molar-refractivity contribution is 0.1000. The van der Waals surface area contributed by atoms with Crippen LogP contribution < -0.4 is 10.1 Å². The molecule has 0 aliphatic carbocycles. The van der Waals surface area contributed by atoms with E-state index in [1.54, 1.807) is 0 Å². The zero-order valence-corrected chi connectivity index (χ0v) is 13.7. The van der Waals surface area contributed by atoms with Crippen LogP contribution in [-0.2, 0) is 4.74 Å². The Morgan fingerprint density at radius 2 is 1.80 bits per heavy atom. The average molecular weight is 300 g/mol. The summed E-state index contributed by atoms with van der Waals surface area (Å²) in [6.45, 7) is 11.1. The third kappa shape index (κ3) is 6.12. The van der Waals surface area contributed by atoms with E-state index in [1.165, 1.54) is 0 Å². The van der Waals surface area contributed by atoms with Crippen molar-refractivity contribution < 1.29 is 9.47 Å². The number of rotatable bonds is 9. The zero-order valence-electron chi connectivity index (χ0n) is 13.0. The summed E-state index contributed by atoms with van der Waals surface area (Å²) in [7, 11) is 0. The molecule has 0 bridgehead atoms. The Hall–Kier alpha value is -0.770. The van der Waals surface area contributed by atoms with Crippen LogP contribution in [-0.4, -0.2) is 32.4 Å². The van der Waals surface area contributed by atoms with Crippen LogP contribution in [0.4, 0.5) is 0 Å². The first-order chi connectivity index (χ1) is 9.54. The molecule has 20 heavy (non-hydrogen) atoms. The van der Waals surface area contributed by atoms with Gasteiger partial charge in [-0.2, -0.15) is 0 Å². The van der Waals surface area contributed by atoms with Gasteiger partial charge in [0.2, 0.25) is 0 Å². The molecule has 0 saturated carbocycles. The fourth-order valence-electron chi connectivity index (χ4n) is 1.95. The molecule has 1 rings (SSSR count). The van der Waals surface area contributed by atoms with Crippen molar-refractivity contribution in [2.24, 2.45) is 0 Å². The van der Waals surface area contributed by atoms with Crippen molar-refractivity contribution in [1.29, 1.82) is 0 Å². The number of hydrogen-bond acceptors (Lipinski definition) is 3. The van der Waals surface area contributed by atoms with Crippen LogP contribution in [0.15, 0.2) is 12.1 Å². The molecular formula is C16H26ClNO2. The normalized spacial score (nSPS) is 12.4. The molecule has 3 nitrogen and oxygen atoms in total. The SMILES string of the molecule is CC[C@H](C)NCCOCCOc1c(C)cc(Cl)cc1C. The van der Waals surface area contributed by atoms with E-state index in [9.17, 15) is 0 Å². The molecule has 1 atom stereocenters. The molecule has 1 N–H and O–H groups in total. The quantitative estimate of drug-likeness (QED) is 0.705. The molecule has 4 heteroatoms. The van der Waals surface area contributed by atoms with Gasteiger partial charge in [0.25, 0.3) is 0 Å². The van der Waals surface area contributed by atoms with E-state index < -0.39 is 0 Å². The van der Waals surface area contributed by atoms with Gasteiger partial charge in [0, 0.05) is 17.6 Å². The molecular weight excluding hydrogens is 274 g/mol. The monoisotopic (exact) mass is 299 g/mol. The first kappa shape index (κ1) is 17.3. The maximum absolute atomic E-state index is 5.99. The Labute approximate surface area is 127 Å². The molecule has 114 valence electrons. The highest BCUT2D eigenvalue weighted by molar-refractivity contribution is 6.30. The molecule has 0 aromatic heterocycles. The molecule has 1 aromatic rings. The highest BCUT2D eigenvalue weighted by atomic mass is 35.5. The van der Waals surface area contributed by atoms with E-state index in [-0.39, 0.29) is 0 Å². The van der Waals surface area contributed by atoms with Crippen molar-refractivity contribution in [3.05, 3.63) is 28.3 Å². The number of benzene rings is 1. The summed E-state index contributed by atoms with van der Waals surface area (Å²) in [5, 5.41) is 4.13. The molecule has 0 fully saturated rings. The lowest BCUT2D eigenvalue weighted by Gasteiger charge is -2.14. The van der Waals surface area contributed by atoms with Gasteiger partial charge in [0.1, 0.15) is 12.4 Å². The van der Waals surface area contributed by atoms with Gasteiger partial charge in [-0.25, -0.2) is 0 Å². The third-order valence-electron chi connectivity index (χ3n) is 3.25. The summed E-state index contributed by atoms with van der Waals surface area (Å²) in [6, 6.07) is 4.39. The highest BCUT2D eigenvalue weighted by Crippen LogP contribution is 2.26. The number of ether oxygens (including phenoxy) is 2. The van der Waals surface area contributed by atoms with Crippen LogP contribution in [0, 0.1) is 13.8 Å². The molecule has 0 heterocycles. The summed E-state index contributed by atoms with van der Waals surface area (Å²) in [5.74, 6) is 0.913. The molecule has 0 amide bonds. The van der Waals surface area contributed by atoms with Crippen LogP contribution in [0.2, 0.25) is 5.02 Å². The van der Waals surface area contributed by atoms with E-state index >= 15 is 0 Å². The Kier molecular flexibility index (Phi) is 7.97. The second-order valence-corrected chi connectivity index (χ2v) is 5.53. The lowest BCUT2D eigenvalue weighted by atomic mass is 10.1. The maximum atomic E-state index is 5.99.